The highest BCUT2D eigenvalue weighted by molar-refractivity contribution is 7.85. The van der Waals surface area contributed by atoms with Crippen molar-refractivity contribution in [3.8, 4) is 16.9 Å². The molecule has 0 bridgehead atoms. The van der Waals surface area contributed by atoms with E-state index in [0.717, 1.165) is 47.0 Å². The minimum atomic E-state index is -3.50. The average Bonchev–Trinajstić information content (AvgIpc) is 3.72. The van der Waals surface area contributed by atoms with Gasteiger partial charge in [0.15, 0.2) is 0 Å². The molecule has 1 aliphatic carbocycles. The fourth-order valence-electron chi connectivity index (χ4n) is 5.24. The second-order valence-electron chi connectivity index (χ2n) is 11.5. The van der Waals surface area contributed by atoms with E-state index >= 15 is 0 Å². The van der Waals surface area contributed by atoms with Gasteiger partial charge in [0.2, 0.25) is 0 Å². The summed E-state index contributed by atoms with van der Waals surface area (Å²) in [5.41, 5.74) is 5.19. The van der Waals surface area contributed by atoms with Crippen LogP contribution in [-0.4, -0.2) is 43.2 Å². The topological polar surface area (TPSA) is 68.7 Å². The highest BCUT2D eigenvalue weighted by Gasteiger charge is 2.33. The van der Waals surface area contributed by atoms with Crippen LogP contribution in [0.25, 0.3) is 11.1 Å². The molecule has 0 N–H and O–H groups in total. The van der Waals surface area contributed by atoms with Gasteiger partial charge in [0.1, 0.15) is 18.2 Å². The van der Waals surface area contributed by atoms with Crippen LogP contribution in [0, 0.1) is 18.7 Å². The van der Waals surface area contributed by atoms with Crippen LogP contribution in [0.2, 0.25) is 0 Å². The molecule has 1 aromatic heterocycles. The highest BCUT2D eigenvalue weighted by Crippen LogP contribution is 2.43. The van der Waals surface area contributed by atoms with Crippen LogP contribution in [0.1, 0.15) is 68.8 Å². The molecule has 216 valence electrons. The summed E-state index contributed by atoms with van der Waals surface area (Å²) in [4.78, 5) is 6.47. The molecule has 1 aliphatic rings. The van der Waals surface area contributed by atoms with E-state index in [4.69, 9.17) is 8.92 Å². The van der Waals surface area contributed by atoms with Gasteiger partial charge in [-0.2, -0.15) is 8.42 Å². The maximum atomic E-state index is 14.9. The lowest BCUT2D eigenvalue weighted by Gasteiger charge is -2.31. The summed E-state index contributed by atoms with van der Waals surface area (Å²) < 4.78 is 49.5. The quantitative estimate of drug-likeness (QED) is 0.210. The number of hydrogen-bond acceptors (Lipinski definition) is 6. The van der Waals surface area contributed by atoms with Crippen molar-refractivity contribution in [2.45, 2.75) is 78.6 Å². The van der Waals surface area contributed by atoms with Crippen LogP contribution in [0.15, 0.2) is 54.7 Å². The molecule has 0 spiro atoms. The summed E-state index contributed by atoms with van der Waals surface area (Å²) in [5, 5.41) is 0. The SMILES string of the molecule is Cc1cc(-c2ccc(OCc3cccc(C(COS(C)(=O)=O)C4CC4)c3)cc2CN(C(C)C)C(C)C)c(F)cn1. The molecule has 1 heterocycles. The van der Waals surface area contributed by atoms with Crippen molar-refractivity contribution in [3.05, 3.63) is 82.9 Å². The molecule has 0 radical (unpaired) electrons. The number of halogens is 1. The van der Waals surface area contributed by atoms with Crippen molar-refractivity contribution < 1.29 is 21.7 Å². The van der Waals surface area contributed by atoms with E-state index in [0.29, 0.717) is 42.5 Å². The molecule has 3 aromatic rings. The van der Waals surface area contributed by atoms with E-state index in [1.807, 2.05) is 43.3 Å². The number of nitrogens with zero attached hydrogens (tertiary/aromatic N) is 2. The van der Waals surface area contributed by atoms with E-state index in [2.05, 4.69) is 43.6 Å². The molecule has 0 amide bonds. The van der Waals surface area contributed by atoms with Crippen LogP contribution in [0.5, 0.6) is 5.75 Å². The Bertz CT molecular complexity index is 1410. The van der Waals surface area contributed by atoms with Crippen molar-refractivity contribution in [2.75, 3.05) is 12.9 Å². The molecule has 0 aliphatic heterocycles. The maximum Gasteiger partial charge on any atom is 0.264 e. The third kappa shape index (κ3) is 8.12. The van der Waals surface area contributed by atoms with Crippen LogP contribution in [-0.2, 0) is 27.5 Å². The van der Waals surface area contributed by atoms with Gasteiger partial charge in [-0.3, -0.25) is 14.1 Å². The molecule has 2 aromatic carbocycles. The summed E-state index contributed by atoms with van der Waals surface area (Å²) in [6.07, 6.45) is 4.53. The Balaban J connectivity index is 1.58. The Morgan fingerprint density at radius 2 is 1.75 bits per heavy atom. The van der Waals surface area contributed by atoms with E-state index in [1.54, 1.807) is 6.07 Å². The number of aryl methyl sites for hydroxylation is 1. The van der Waals surface area contributed by atoms with E-state index < -0.39 is 10.1 Å². The predicted octanol–water partition coefficient (Wildman–Crippen LogP) is 6.86. The molecule has 40 heavy (non-hydrogen) atoms. The van der Waals surface area contributed by atoms with E-state index in [-0.39, 0.29) is 18.3 Å². The summed E-state index contributed by atoms with van der Waals surface area (Å²) >= 11 is 0. The monoisotopic (exact) mass is 568 g/mol. The van der Waals surface area contributed by atoms with E-state index in [9.17, 15) is 12.8 Å². The largest absolute Gasteiger partial charge is 0.489 e. The second kappa shape index (κ2) is 12.8. The summed E-state index contributed by atoms with van der Waals surface area (Å²) in [6, 6.07) is 16.4. The fraction of sp³-hybridized carbons (Fsp3) is 0.469. The molecule has 1 atom stereocenters. The van der Waals surface area contributed by atoms with Gasteiger partial charge in [0.05, 0.1) is 19.1 Å². The Morgan fingerprint density at radius 3 is 2.40 bits per heavy atom. The Kier molecular flexibility index (Phi) is 9.64. The van der Waals surface area contributed by atoms with Crippen LogP contribution >= 0.6 is 0 Å². The number of benzene rings is 2. The molecule has 6 nitrogen and oxygen atoms in total. The zero-order valence-electron chi connectivity index (χ0n) is 24.4. The van der Waals surface area contributed by atoms with E-state index in [1.165, 1.54) is 6.20 Å². The molecule has 4 rings (SSSR count). The predicted molar refractivity (Wildman–Crippen MR) is 157 cm³/mol. The van der Waals surface area contributed by atoms with Crippen molar-refractivity contribution in [2.24, 2.45) is 5.92 Å². The highest BCUT2D eigenvalue weighted by atomic mass is 32.2. The van der Waals surface area contributed by atoms with Crippen molar-refractivity contribution in [1.29, 1.82) is 0 Å². The number of hydrogen-bond donors (Lipinski definition) is 0. The first-order chi connectivity index (χ1) is 18.9. The molecule has 8 heteroatoms. The van der Waals surface area contributed by atoms with Crippen molar-refractivity contribution in [1.82, 2.24) is 9.88 Å². The van der Waals surface area contributed by atoms with Gasteiger partial charge in [-0.1, -0.05) is 30.3 Å². The smallest absolute Gasteiger partial charge is 0.264 e. The van der Waals surface area contributed by atoms with Gasteiger partial charge in [0.25, 0.3) is 10.1 Å². The summed E-state index contributed by atoms with van der Waals surface area (Å²) in [5.74, 6) is 0.845. The zero-order chi connectivity index (χ0) is 29.0. The third-order valence-corrected chi connectivity index (χ3v) is 8.04. The minimum Gasteiger partial charge on any atom is -0.489 e. The van der Waals surface area contributed by atoms with Crippen molar-refractivity contribution >= 4 is 10.1 Å². The van der Waals surface area contributed by atoms with Gasteiger partial charge < -0.3 is 4.74 Å². The lowest BCUT2D eigenvalue weighted by Crippen LogP contribution is -2.36. The van der Waals surface area contributed by atoms with Gasteiger partial charge in [0, 0.05) is 35.8 Å². The number of pyridine rings is 1. The standard InChI is InChI=1S/C32H41FN2O4S/c1-21(2)35(22(3)4)18-27-16-28(12-13-29(27)30-14-23(5)34-17-32(30)33)38-19-24-8-7-9-26(15-24)31(25-10-11-25)20-39-40(6,36)37/h7-9,12-17,21-22,25,31H,10-11,18-20H2,1-6H3. The number of aromatic nitrogens is 1. The molecule has 1 unspecified atom stereocenters. The molecule has 1 saturated carbocycles. The summed E-state index contributed by atoms with van der Waals surface area (Å²) in [6.45, 7) is 11.7. The molecular weight excluding hydrogens is 527 g/mol. The Labute approximate surface area is 238 Å². The Hall–Kier alpha value is -2.81. The molecule has 1 fully saturated rings. The first kappa shape index (κ1) is 30.2. The average molecular weight is 569 g/mol. The van der Waals surface area contributed by atoms with Gasteiger partial charge in [-0.15, -0.1) is 0 Å². The zero-order valence-corrected chi connectivity index (χ0v) is 25.2. The first-order valence-electron chi connectivity index (χ1n) is 14.0. The Morgan fingerprint density at radius 1 is 1.02 bits per heavy atom. The normalized spacial score (nSPS) is 14.8. The van der Waals surface area contributed by atoms with Crippen molar-refractivity contribution in [3.63, 3.8) is 0 Å². The first-order valence-corrected chi connectivity index (χ1v) is 15.8. The van der Waals surface area contributed by atoms with Gasteiger partial charge in [-0.25, -0.2) is 4.39 Å². The second-order valence-corrected chi connectivity index (χ2v) is 13.1. The van der Waals surface area contributed by atoms with Crippen LogP contribution < -0.4 is 4.74 Å². The fourth-order valence-corrected chi connectivity index (χ4v) is 5.64. The molecular formula is C32H41FN2O4S. The lowest BCUT2D eigenvalue weighted by molar-refractivity contribution is 0.166. The van der Waals surface area contributed by atoms with Crippen LogP contribution in [0.3, 0.4) is 0 Å². The number of ether oxygens (including phenoxy) is 1. The third-order valence-electron chi connectivity index (χ3n) is 7.48. The lowest BCUT2D eigenvalue weighted by atomic mass is 9.94. The minimum absolute atomic E-state index is 0.0392. The van der Waals surface area contributed by atoms with Gasteiger partial charge >= 0.3 is 0 Å². The summed E-state index contributed by atoms with van der Waals surface area (Å²) in [7, 11) is -3.50. The van der Waals surface area contributed by atoms with Crippen LogP contribution in [0.4, 0.5) is 4.39 Å². The maximum absolute atomic E-state index is 14.9. The number of rotatable bonds is 13. The molecule has 0 saturated heterocycles. The van der Waals surface area contributed by atoms with Gasteiger partial charge in [-0.05, 0) is 93.8 Å².